The number of carbonyl (C=O) groups is 1. The number of amides is 1. The van der Waals surface area contributed by atoms with Crippen molar-refractivity contribution in [3.8, 4) is 6.07 Å². The highest BCUT2D eigenvalue weighted by Gasteiger charge is 2.30. The molecule has 1 aromatic rings. The number of rotatable bonds is 4. The van der Waals surface area contributed by atoms with Crippen molar-refractivity contribution >= 4 is 5.91 Å². The minimum atomic E-state index is -4.44. The van der Waals surface area contributed by atoms with Gasteiger partial charge in [0.15, 0.2) is 0 Å². The SMILES string of the molecule is C=CC(=O)N(Cc1cccc(C(F)(F)F)c1)C(C)C#N. The predicted octanol–water partition coefficient (Wildman–Crippen LogP) is 3.13. The van der Waals surface area contributed by atoms with Crippen LogP contribution in [0.3, 0.4) is 0 Å². The van der Waals surface area contributed by atoms with Gasteiger partial charge >= 0.3 is 6.18 Å². The molecule has 0 heterocycles. The molecule has 3 nitrogen and oxygen atoms in total. The van der Waals surface area contributed by atoms with E-state index in [0.29, 0.717) is 5.56 Å². The van der Waals surface area contributed by atoms with Gasteiger partial charge in [0.05, 0.1) is 11.6 Å². The molecular formula is C14H13F3N2O. The molecule has 0 N–H and O–H groups in total. The minimum absolute atomic E-state index is 0.0799. The monoisotopic (exact) mass is 282 g/mol. The summed E-state index contributed by atoms with van der Waals surface area (Å²) in [5, 5.41) is 8.85. The number of hydrogen-bond acceptors (Lipinski definition) is 2. The maximum absolute atomic E-state index is 12.6. The van der Waals surface area contributed by atoms with Gasteiger partial charge in [0.2, 0.25) is 5.91 Å². The summed E-state index contributed by atoms with van der Waals surface area (Å²) in [7, 11) is 0. The van der Waals surface area contributed by atoms with Crippen molar-refractivity contribution in [1.29, 1.82) is 5.26 Å². The van der Waals surface area contributed by atoms with Crippen LogP contribution in [-0.4, -0.2) is 16.8 Å². The average Bonchev–Trinajstić information content (AvgIpc) is 2.42. The van der Waals surface area contributed by atoms with E-state index >= 15 is 0 Å². The van der Waals surface area contributed by atoms with Gasteiger partial charge in [-0.3, -0.25) is 4.79 Å². The number of hydrogen-bond donors (Lipinski definition) is 0. The van der Waals surface area contributed by atoms with E-state index in [-0.39, 0.29) is 6.54 Å². The lowest BCUT2D eigenvalue weighted by Crippen LogP contribution is -2.36. The topological polar surface area (TPSA) is 44.1 Å². The van der Waals surface area contributed by atoms with Gasteiger partial charge in [0.1, 0.15) is 6.04 Å². The molecule has 1 atom stereocenters. The Morgan fingerprint density at radius 1 is 1.55 bits per heavy atom. The molecule has 0 bridgehead atoms. The van der Waals surface area contributed by atoms with Crippen LogP contribution in [0.25, 0.3) is 0 Å². The normalized spacial score (nSPS) is 12.3. The van der Waals surface area contributed by atoms with Crippen molar-refractivity contribution < 1.29 is 18.0 Å². The van der Waals surface area contributed by atoms with Crippen LogP contribution < -0.4 is 0 Å². The Hall–Kier alpha value is -2.29. The Balaban J connectivity index is 3.03. The summed E-state index contributed by atoms with van der Waals surface area (Å²) in [6, 6.07) is 5.79. The van der Waals surface area contributed by atoms with Gasteiger partial charge in [-0.25, -0.2) is 0 Å². The quantitative estimate of drug-likeness (QED) is 0.796. The highest BCUT2D eigenvalue weighted by Crippen LogP contribution is 2.29. The molecule has 0 aromatic heterocycles. The number of nitriles is 1. The summed E-state index contributed by atoms with van der Waals surface area (Å²) in [6.45, 7) is 4.73. The van der Waals surface area contributed by atoms with E-state index in [9.17, 15) is 18.0 Å². The largest absolute Gasteiger partial charge is 0.416 e. The van der Waals surface area contributed by atoms with Crippen LogP contribution in [0.15, 0.2) is 36.9 Å². The Kier molecular flexibility index (Phi) is 4.92. The first-order valence-electron chi connectivity index (χ1n) is 5.78. The Morgan fingerprint density at radius 3 is 2.70 bits per heavy atom. The van der Waals surface area contributed by atoms with E-state index in [0.717, 1.165) is 23.1 Å². The lowest BCUT2D eigenvalue weighted by atomic mass is 10.1. The second kappa shape index (κ2) is 6.24. The van der Waals surface area contributed by atoms with Crippen molar-refractivity contribution in [1.82, 2.24) is 4.90 Å². The number of nitrogens with zero attached hydrogens (tertiary/aromatic N) is 2. The molecule has 0 fully saturated rings. The van der Waals surface area contributed by atoms with Crippen LogP contribution in [-0.2, 0) is 17.5 Å². The molecule has 0 spiro atoms. The van der Waals surface area contributed by atoms with E-state index < -0.39 is 23.7 Å². The zero-order valence-electron chi connectivity index (χ0n) is 10.8. The van der Waals surface area contributed by atoms with Gasteiger partial charge in [-0.1, -0.05) is 18.7 Å². The first kappa shape index (κ1) is 15.8. The van der Waals surface area contributed by atoms with Crippen LogP contribution in [0.2, 0.25) is 0 Å². The molecule has 0 aliphatic carbocycles. The van der Waals surface area contributed by atoms with Gasteiger partial charge in [0.25, 0.3) is 0 Å². The molecule has 1 aromatic carbocycles. The number of alkyl halides is 3. The van der Waals surface area contributed by atoms with Crippen molar-refractivity contribution in [3.05, 3.63) is 48.0 Å². The summed E-state index contributed by atoms with van der Waals surface area (Å²) >= 11 is 0. The fourth-order valence-electron chi connectivity index (χ4n) is 1.64. The molecule has 0 radical (unpaired) electrons. The predicted molar refractivity (Wildman–Crippen MR) is 67.3 cm³/mol. The van der Waals surface area contributed by atoms with E-state index in [1.165, 1.54) is 19.1 Å². The Morgan fingerprint density at radius 2 is 2.20 bits per heavy atom. The molecule has 106 valence electrons. The van der Waals surface area contributed by atoms with Gasteiger partial charge in [-0.15, -0.1) is 0 Å². The molecule has 1 unspecified atom stereocenters. The van der Waals surface area contributed by atoms with E-state index in [4.69, 9.17) is 5.26 Å². The molecule has 0 aliphatic heterocycles. The third kappa shape index (κ3) is 3.85. The summed E-state index contributed by atoms with van der Waals surface area (Å²) < 4.78 is 37.8. The molecule has 20 heavy (non-hydrogen) atoms. The van der Waals surface area contributed by atoms with Crippen LogP contribution in [0.5, 0.6) is 0 Å². The second-order valence-electron chi connectivity index (χ2n) is 4.17. The van der Waals surface area contributed by atoms with Crippen LogP contribution >= 0.6 is 0 Å². The molecule has 6 heteroatoms. The van der Waals surface area contributed by atoms with Crippen molar-refractivity contribution in [2.45, 2.75) is 25.7 Å². The third-order valence-electron chi connectivity index (χ3n) is 2.72. The summed E-state index contributed by atoms with van der Waals surface area (Å²) in [5.41, 5.74) is -0.484. The average molecular weight is 282 g/mol. The summed E-state index contributed by atoms with van der Waals surface area (Å²) in [6.07, 6.45) is -3.41. The molecule has 0 aliphatic rings. The molecule has 0 saturated carbocycles. The number of carbonyl (C=O) groups excluding carboxylic acids is 1. The summed E-state index contributed by atoms with van der Waals surface area (Å²) in [5.74, 6) is -0.503. The van der Waals surface area contributed by atoms with Crippen molar-refractivity contribution in [3.63, 3.8) is 0 Å². The van der Waals surface area contributed by atoms with E-state index in [1.807, 2.05) is 6.07 Å². The zero-order valence-corrected chi connectivity index (χ0v) is 10.8. The van der Waals surface area contributed by atoms with Crippen molar-refractivity contribution in [2.75, 3.05) is 0 Å². The fourth-order valence-corrected chi connectivity index (χ4v) is 1.64. The van der Waals surface area contributed by atoms with Crippen LogP contribution in [0.1, 0.15) is 18.1 Å². The van der Waals surface area contributed by atoms with Crippen LogP contribution in [0, 0.1) is 11.3 Å². The first-order chi connectivity index (χ1) is 9.29. The second-order valence-corrected chi connectivity index (χ2v) is 4.17. The van der Waals surface area contributed by atoms with Gasteiger partial charge in [-0.05, 0) is 30.7 Å². The van der Waals surface area contributed by atoms with E-state index in [1.54, 1.807) is 0 Å². The zero-order chi connectivity index (χ0) is 15.3. The van der Waals surface area contributed by atoms with E-state index in [2.05, 4.69) is 6.58 Å². The Bertz CT molecular complexity index is 546. The highest BCUT2D eigenvalue weighted by atomic mass is 19.4. The maximum Gasteiger partial charge on any atom is 0.416 e. The fraction of sp³-hybridized carbons (Fsp3) is 0.286. The minimum Gasteiger partial charge on any atom is -0.319 e. The molecule has 1 rings (SSSR count). The molecule has 1 amide bonds. The summed E-state index contributed by atoms with van der Waals surface area (Å²) in [4.78, 5) is 12.8. The maximum atomic E-state index is 12.6. The van der Waals surface area contributed by atoms with Crippen molar-refractivity contribution in [2.24, 2.45) is 0 Å². The Labute approximate surface area is 114 Å². The first-order valence-corrected chi connectivity index (χ1v) is 5.78. The van der Waals surface area contributed by atoms with Gasteiger partial charge < -0.3 is 4.90 Å². The highest BCUT2D eigenvalue weighted by molar-refractivity contribution is 5.87. The standard InChI is InChI=1S/C14H13F3N2O/c1-3-13(20)19(10(2)8-18)9-11-5-4-6-12(7-11)14(15,16)17/h3-7,10H,1,9H2,2H3. The van der Waals surface area contributed by atoms with Crippen LogP contribution in [0.4, 0.5) is 13.2 Å². The lowest BCUT2D eigenvalue weighted by Gasteiger charge is -2.24. The van der Waals surface area contributed by atoms with Gasteiger partial charge in [-0.2, -0.15) is 18.4 Å². The number of benzene rings is 1. The van der Waals surface area contributed by atoms with Gasteiger partial charge in [0, 0.05) is 6.54 Å². The third-order valence-corrected chi connectivity index (χ3v) is 2.72. The smallest absolute Gasteiger partial charge is 0.319 e. The molecule has 0 saturated heterocycles. The lowest BCUT2D eigenvalue weighted by molar-refractivity contribution is -0.137. The number of halogens is 3. The molecular weight excluding hydrogens is 269 g/mol.